The molecular weight excluding hydrogens is 288 g/mol. The van der Waals surface area contributed by atoms with E-state index in [-0.39, 0.29) is 26.8 Å². The van der Waals surface area contributed by atoms with Gasteiger partial charge in [0, 0.05) is 27.5 Å². The van der Waals surface area contributed by atoms with Crippen molar-refractivity contribution in [1.29, 1.82) is 0 Å². The largest absolute Gasteiger partial charge is 0.541 e. The molecule has 0 saturated heterocycles. The Morgan fingerprint density at radius 3 is 2.22 bits per heavy atom. The standard InChI is InChI=1S/C6H9O2.W/c1-3-6(8)5(2)4-7;/h5H,3H2,1-2H3;/q-1;. The molecule has 0 aromatic rings. The van der Waals surface area contributed by atoms with Gasteiger partial charge in [0.15, 0.2) is 0 Å². The average Bonchev–Trinajstić information content (AvgIpc) is 1.84. The first-order valence-electron chi connectivity index (χ1n) is 2.62. The number of carbonyl (C=O) groups excluding carboxylic acids is 2. The summed E-state index contributed by atoms with van der Waals surface area (Å²) in [6, 6.07) is 0. The summed E-state index contributed by atoms with van der Waals surface area (Å²) in [7, 11) is 0. The molecule has 9 heavy (non-hydrogen) atoms. The van der Waals surface area contributed by atoms with Crippen LogP contribution >= 0.6 is 0 Å². The van der Waals surface area contributed by atoms with E-state index in [1.807, 2.05) is 0 Å². The zero-order valence-electron chi connectivity index (χ0n) is 5.51. The Bertz CT molecular complexity index is 101. The van der Waals surface area contributed by atoms with Crippen molar-refractivity contribution in [3.8, 4) is 0 Å². The molecular formula is C6H9O2W-. The van der Waals surface area contributed by atoms with Crippen molar-refractivity contribution in [3.05, 3.63) is 0 Å². The molecule has 0 spiro atoms. The van der Waals surface area contributed by atoms with Crippen LogP contribution < -0.4 is 0 Å². The summed E-state index contributed by atoms with van der Waals surface area (Å²) in [5.74, 6) is -0.569. The van der Waals surface area contributed by atoms with Crippen LogP contribution in [0, 0.1) is 5.92 Å². The van der Waals surface area contributed by atoms with Crippen molar-refractivity contribution in [3.63, 3.8) is 0 Å². The quantitative estimate of drug-likeness (QED) is 0.568. The Balaban J connectivity index is 0. The molecule has 0 saturated carbocycles. The summed E-state index contributed by atoms with van der Waals surface area (Å²) in [5, 5.41) is 0. The number of hydrogen-bond acceptors (Lipinski definition) is 2. The molecule has 0 heterocycles. The fraction of sp³-hybridized carbons (Fsp3) is 0.667. The SMILES string of the molecule is CCC(=O)C(C)[C-]=O.[W]. The van der Waals surface area contributed by atoms with Gasteiger partial charge in [-0.3, -0.25) is 6.29 Å². The van der Waals surface area contributed by atoms with Crippen LogP contribution in [-0.2, 0) is 30.7 Å². The van der Waals surface area contributed by atoms with Gasteiger partial charge in [0.2, 0.25) is 0 Å². The number of Topliss-reactive ketones (excluding diaryl/α,β-unsaturated/α-hetero) is 1. The van der Waals surface area contributed by atoms with Gasteiger partial charge < -0.3 is 9.59 Å². The molecule has 0 aliphatic carbocycles. The van der Waals surface area contributed by atoms with Crippen LogP contribution in [0.2, 0.25) is 0 Å². The predicted molar refractivity (Wildman–Crippen MR) is 30.2 cm³/mol. The first-order valence-corrected chi connectivity index (χ1v) is 2.62. The van der Waals surface area contributed by atoms with Gasteiger partial charge in [-0.05, 0) is 0 Å². The van der Waals surface area contributed by atoms with E-state index in [0.29, 0.717) is 6.42 Å². The maximum atomic E-state index is 10.5. The Labute approximate surface area is 69.3 Å². The third-order valence-electron chi connectivity index (χ3n) is 1.01. The summed E-state index contributed by atoms with van der Waals surface area (Å²) in [4.78, 5) is 20.2. The van der Waals surface area contributed by atoms with Gasteiger partial charge in [-0.25, -0.2) is 0 Å². The second-order valence-corrected chi connectivity index (χ2v) is 1.66. The molecule has 52 valence electrons. The normalized spacial score (nSPS) is 11.3. The second-order valence-electron chi connectivity index (χ2n) is 1.66. The van der Waals surface area contributed by atoms with Crippen LogP contribution in [0.5, 0.6) is 0 Å². The Morgan fingerprint density at radius 1 is 1.67 bits per heavy atom. The van der Waals surface area contributed by atoms with E-state index < -0.39 is 5.92 Å². The topological polar surface area (TPSA) is 34.1 Å². The van der Waals surface area contributed by atoms with Crippen LogP contribution in [-0.4, -0.2) is 12.1 Å². The van der Waals surface area contributed by atoms with E-state index >= 15 is 0 Å². The molecule has 0 radical (unpaired) electrons. The smallest absolute Gasteiger partial charge is 0.109 e. The second kappa shape index (κ2) is 6.15. The van der Waals surface area contributed by atoms with E-state index in [9.17, 15) is 9.59 Å². The predicted octanol–water partition coefficient (Wildman–Crippen LogP) is 0.709. The molecule has 2 nitrogen and oxygen atoms in total. The number of rotatable bonds is 3. The first kappa shape index (κ1) is 11.8. The summed E-state index contributed by atoms with van der Waals surface area (Å²) in [6.45, 7) is 3.29. The fourth-order valence-electron chi connectivity index (χ4n) is 0.372. The van der Waals surface area contributed by atoms with E-state index in [1.54, 1.807) is 20.1 Å². The van der Waals surface area contributed by atoms with E-state index in [2.05, 4.69) is 0 Å². The van der Waals surface area contributed by atoms with Gasteiger partial charge in [0.25, 0.3) is 0 Å². The van der Waals surface area contributed by atoms with Crippen LogP contribution in [0.1, 0.15) is 20.3 Å². The molecule has 3 heteroatoms. The molecule has 0 aliphatic heterocycles. The van der Waals surface area contributed by atoms with Crippen LogP contribution in [0.3, 0.4) is 0 Å². The fourth-order valence-corrected chi connectivity index (χ4v) is 0.372. The monoisotopic (exact) mass is 297 g/mol. The van der Waals surface area contributed by atoms with Crippen molar-refractivity contribution >= 4 is 12.1 Å². The molecule has 0 aliphatic rings. The van der Waals surface area contributed by atoms with Gasteiger partial charge in [0.05, 0.1) is 0 Å². The molecule has 0 amide bonds. The first-order chi connectivity index (χ1) is 3.72. The number of hydrogen-bond donors (Lipinski definition) is 0. The van der Waals surface area contributed by atoms with Crippen LogP contribution in [0.15, 0.2) is 0 Å². The maximum absolute atomic E-state index is 10.5. The summed E-state index contributed by atoms with van der Waals surface area (Å²) >= 11 is 0. The summed E-state index contributed by atoms with van der Waals surface area (Å²) in [6.07, 6.45) is 2.04. The molecule has 0 aromatic carbocycles. The molecule has 1 unspecified atom stereocenters. The van der Waals surface area contributed by atoms with Gasteiger partial charge in [-0.1, -0.05) is 19.8 Å². The van der Waals surface area contributed by atoms with Crippen molar-refractivity contribution in [2.24, 2.45) is 5.92 Å². The van der Waals surface area contributed by atoms with E-state index in [4.69, 9.17) is 0 Å². The minimum absolute atomic E-state index is 0. The minimum Gasteiger partial charge on any atom is -0.541 e. The van der Waals surface area contributed by atoms with Gasteiger partial charge >= 0.3 is 0 Å². The summed E-state index contributed by atoms with van der Waals surface area (Å²) < 4.78 is 0. The van der Waals surface area contributed by atoms with Gasteiger partial charge in [-0.2, -0.15) is 0 Å². The number of ketones is 1. The Morgan fingerprint density at radius 2 is 2.11 bits per heavy atom. The van der Waals surface area contributed by atoms with Crippen LogP contribution in [0.4, 0.5) is 0 Å². The average molecular weight is 297 g/mol. The molecule has 0 rings (SSSR count). The van der Waals surface area contributed by atoms with E-state index in [0.717, 1.165) is 0 Å². The zero-order chi connectivity index (χ0) is 6.57. The molecule has 0 fully saturated rings. The van der Waals surface area contributed by atoms with E-state index in [1.165, 1.54) is 0 Å². The van der Waals surface area contributed by atoms with Crippen molar-refractivity contribution in [1.82, 2.24) is 0 Å². The third-order valence-corrected chi connectivity index (χ3v) is 1.01. The van der Waals surface area contributed by atoms with Gasteiger partial charge in [0.1, 0.15) is 5.78 Å². The Hall–Kier alpha value is 0.0283. The molecule has 1 atom stereocenters. The maximum Gasteiger partial charge on any atom is 0.109 e. The van der Waals surface area contributed by atoms with Crippen molar-refractivity contribution < 1.29 is 30.7 Å². The van der Waals surface area contributed by atoms with Crippen molar-refractivity contribution in [2.75, 3.05) is 0 Å². The third kappa shape index (κ3) is 4.53. The number of carbonyl (C=O) groups is 1. The Kier molecular flexibility index (Phi) is 8.05. The molecule has 0 aromatic heterocycles. The van der Waals surface area contributed by atoms with Gasteiger partial charge in [-0.15, -0.1) is 0 Å². The summed E-state index contributed by atoms with van der Waals surface area (Å²) in [5.41, 5.74) is 0. The molecule has 0 N–H and O–H groups in total. The molecule has 0 bridgehead atoms. The zero-order valence-corrected chi connectivity index (χ0v) is 8.44. The van der Waals surface area contributed by atoms with Crippen LogP contribution in [0.25, 0.3) is 0 Å². The van der Waals surface area contributed by atoms with Crippen molar-refractivity contribution in [2.45, 2.75) is 20.3 Å². The minimum atomic E-state index is -0.528.